The molecule has 2 N–H and O–H groups in total. The van der Waals surface area contributed by atoms with Gasteiger partial charge in [0.15, 0.2) is 0 Å². The van der Waals surface area contributed by atoms with Crippen molar-refractivity contribution in [1.29, 1.82) is 0 Å². The maximum absolute atomic E-state index is 12.3. The minimum Gasteiger partial charge on any atom is -0.373 e. The minimum atomic E-state index is -0.439. The molecule has 3 aliphatic rings. The molecular formula is C24H25N5O2. The first kappa shape index (κ1) is 19.5. The summed E-state index contributed by atoms with van der Waals surface area (Å²) in [5, 5.41) is 2.62. The number of carbonyl (C=O) groups excluding carboxylic acids is 1. The molecule has 0 radical (unpaired) electrons. The monoisotopic (exact) mass is 415 g/mol. The number of aliphatic imine (C=N–C) groups is 1. The average Bonchev–Trinajstić information content (AvgIpc) is 3.64. The summed E-state index contributed by atoms with van der Waals surface area (Å²) in [6.45, 7) is 1.61. The number of dihydropyridines is 1. The van der Waals surface area contributed by atoms with Crippen molar-refractivity contribution in [2.75, 3.05) is 13.6 Å². The highest BCUT2D eigenvalue weighted by molar-refractivity contribution is 5.92. The number of rotatable bonds is 4. The Kier molecular flexibility index (Phi) is 5.02. The van der Waals surface area contributed by atoms with Crippen LogP contribution in [0.1, 0.15) is 36.3 Å². The van der Waals surface area contributed by atoms with Crippen LogP contribution < -0.4 is 10.9 Å². The molecule has 1 saturated carbocycles. The molecular weight excluding hydrogens is 390 g/mol. The summed E-state index contributed by atoms with van der Waals surface area (Å²) in [5.41, 5.74) is 5.86. The zero-order valence-electron chi connectivity index (χ0n) is 17.5. The lowest BCUT2D eigenvalue weighted by molar-refractivity contribution is -0.120. The first-order valence-electron chi connectivity index (χ1n) is 10.7. The Morgan fingerprint density at radius 1 is 1.29 bits per heavy atom. The number of pyridine rings is 2. The topological polar surface area (TPSA) is 90.5 Å². The van der Waals surface area contributed by atoms with Gasteiger partial charge in [-0.2, -0.15) is 0 Å². The van der Waals surface area contributed by atoms with E-state index in [1.165, 1.54) is 5.57 Å². The molecule has 0 bridgehead atoms. The van der Waals surface area contributed by atoms with Crippen molar-refractivity contribution in [2.24, 2.45) is 4.99 Å². The number of hydrogen-bond donors (Lipinski definition) is 2. The van der Waals surface area contributed by atoms with Gasteiger partial charge in [-0.1, -0.05) is 12.2 Å². The molecule has 0 saturated heterocycles. The number of carbonyl (C=O) groups is 1. The van der Waals surface area contributed by atoms with Gasteiger partial charge in [-0.15, -0.1) is 0 Å². The van der Waals surface area contributed by atoms with E-state index in [0.29, 0.717) is 5.92 Å². The highest BCUT2D eigenvalue weighted by Gasteiger charge is 2.26. The molecule has 2 aliphatic heterocycles. The number of nitrogens with zero attached hydrogens (tertiary/aromatic N) is 3. The zero-order chi connectivity index (χ0) is 21.4. The quantitative estimate of drug-likeness (QED) is 0.803. The number of allylic oxidation sites excluding steroid dienone is 3. The molecule has 7 heteroatoms. The number of aromatic amines is 1. The lowest BCUT2D eigenvalue weighted by Gasteiger charge is -2.25. The molecule has 158 valence electrons. The van der Waals surface area contributed by atoms with Crippen molar-refractivity contribution in [2.45, 2.75) is 37.8 Å². The van der Waals surface area contributed by atoms with Gasteiger partial charge in [-0.05, 0) is 66.3 Å². The van der Waals surface area contributed by atoms with E-state index in [2.05, 4.69) is 37.5 Å². The zero-order valence-corrected chi connectivity index (χ0v) is 17.5. The fourth-order valence-corrected chi connectivity index (χ4v) is 4.09. The third-order valence-corrected chi connectivity index (χ3v) is 6.05. The van der Waals surface area contributed by atoms with Crippen LogP contribution in [0, 0.1) is 0 Å². The summed E-state index contributed by atoms with van der Waals surface area (Å²) in [6.07, 6.45) is 14.8. The fraction of sp³-hybridized carbons (Fsp3) is 0.333. The van der Waals surface area contributed by atoms with Crippen LogP contribution in [-0.2, 0) is 11.3 Å². The maximum atomic E-state index is 12.3. The van der Waals surface area contributed by atoms with Crippen LogP contribution >= 0.6 is 0 Å². The highest BCUT2D eigenvalue weighted by Crippen LogP contribution is 2.38. The van der Waals surface area contributed by atoms with Gasteiger partial charge in [-0.25, -0.2) is 0 Å². The third-order valence-electron chi connectivity index (χ3n) is 6.05. The second-order valence-corrected chi connectivity index (χ2v) is 8.32. The van der Waals surface area contributed by atoms with Crippen LogP contribution in [0.3, 0.4) is 0 Å². The Hall–Kier alpha value is -3.48. The average molecular weight is 415 g/mol. The first-order chi connectivity index (χ1) is 15.1. The van der Waals surface area contributed by atoms with Crippen molar-refractivity contribution in [3.05, 3.63) is 75.4 Å². The van der Waals surface area contributed by atoms with Crippen LogP contribution in [0.4, 0.5) is 0 Å². The van der Waals surface area contributed by atoms with E-state index in [0.717, 1.165) is 60.1 Å². The van der Waals surface area contributed by atoms with Gasteiger partial charge >= 0.3 is 0 Å². The SMILES string of the molecule is CNC(=O)C1C=CC(=C2C=CN(Cc3cnc4cc(C5CC5)c(=O)[nH]c4c3)CC2)C=N1. The van der Waals surface area contributed by atoms with Crippen molar-refractivity contribution in [3.8, 4) is 0 Å². The lowest BCUT2D eigenvalue weighted by atomic mass is 10.00. The second-order valence-electron chi connectivity index (χ2n) is 8.32. The molecule has 5 rings (SSSR count). The van der Waals surface area contributed by atoms with E-state index >= 15 is 0 Å². The molecule has 1 unspecified atom stereocenters. The molecule has 2 aromatic heterocycles. The van der Waals surface area contributed by atoms with E-state index in [9.17, 15) is 9.59 Å². The summed E-state index contributed by atoms with van der Waals surface area (Å²) in [6, 6.07) is 3.53. The number of likely N-dealkylation sites (N-methyl/N-ethyl adjacent to an activating group) is 1. The van der Waals surface area contributed by atoms with Crippen molar-refractivity contribution in [3.63, 3.8) is 0 Å². The molecule has 1 amide bonds. The van der Waals surface area contributed by atoms with E-state index in [-0.39, 0.29) is 11.5 Å². The molecule has 1 atom stereocenters. The first-order valence-corrected chi connectivity index (χ1v) is 10.7. The largest absolute Gasteiger partial charge is 0.373 e. The van der Waals surface area contributed by atoms with E-state index in [1.54, 1.807) is 13.3 Å². The summed E-state index contributed by atoms with van der Waals surface area (Å²) < 4.78 is 0. The molecule has 2 aromatic rings. The van der Waals surface area contributed by atoms with Crippen molar-refractivity contribution >= 4 is 23.2 Å². The summed E-state index contributed by atoms with van der Waals surface area (Å²) in [4.78, 5) is 38.2. The molecule has 0 spiro atoms. The third kappa shape index (κ3) is 4.08. The van der Waals surface area contributed by atoms with Gasteiger partial charge in [0, 0.05) is 38.1 Å². The van der Waals surface area contributed by atoms with E-state index in [4.69, 9.17) is 0 Å². The predicted octanol–water partition coefficient (Wildman–Crippen LogP) is 2.57. The summed E-state index contributed by atoms with van der Waals surface area (Å²) in [5.74, 6) is 0.311. The normalized spacial score (nSPS) is 22.9. The Morgan fingerprint density at radius 2 is 2.16 bits per heavy atom. The predicted molar refractivity (Wildman–Crippen MR) is 121 cm³/mol. The summed E-state index contributed by atoms with van der Waals surface area (Å²) >= 11 is 0. The number of fused-ring (bicyclic) bond motifs is 1. The fourth-order valence-electron chi connectivity index (χ4n) is 4.09. The number of nitrogens with one attached hydrogen (secondary N) is 2. The van der Waals surface area contributed by atoms with Gasteiger partial charge < -0.3 is 15.2 Å². The molecule has 4 heterocycles. The number of H-pyrrole nitrogens is 1. The summed E-state index contributed by atoms with van der Waals surface area (Å²) in [7, 11) is 1.62. The second kappa shape index (κ2) is 7.98. The highest BCUT2D eigenvalue weighted by atomic mass is 16.2. The van der Waals surface area contributed by atoms with Gasteiger partial charge in [0.25, 0.3) is 5.56 Å². The molecule has 1 aliphatic carbocycles. The number of amides is 1. The van der Waals surface area contributed by atoms with Crippen LogP contribution in [0.2, 0.25) is 0 Å². The smallest absolute Gasteiger partial charge is 0.252 e. The van der Waals surface area contributed by atoms with Crippen LogP contribution in [0.25, 0.3) is 11.0 Å². The van der Waals surface area contributed by atoms with E-state index in [1.807, 2.05) is 30.5 Å². The minimum absolute atomic E-state index is 0.0175. The lowest BCUT2D eigenvalue weighted by Crippen LogP contribution is -2.30. The Morgan fingerprint density at radius 3 is 2.84 bits per heavy atom. The van der Waals surface area contributed by atoms with Gasteiger partial charge in [0.2, 0.25) is 5.91 Å². The Balaban J connectivity index is 1.28. The van der Waals surface area contributed by atoms with Gasteiger partial charge in [-0.3, -0.25) is 19.6 Å². The van der Waals surface area contributed by atoms with Gasteiger partial charge in [0.1, 0.15) is 6.04 Å². The Labute approximate surface area is 180 Å². The van der Waals surface area contributed by atoms with E-state index < -0.39 is 6.04 Å². The van der Waals surface area contributed by atoms with Gasteiger partial charge in [0.05, 0.1) is 11.0 Å². The standard InChI is InChI=1S/C24H25N5O2/c1-25-24(31)20-5-4-18(13-27-20)16-6-8-29(9-7-16)14-15-10-22-21(26-12-15)11-19(17-2-3-17)23(30)28-22/h4-6,8,10-13,17,20H,2-3,7,9,14H2,1H3,(H,25,31)(H,28,30). The van der Waals surface area contributed by atoms with Crippen molar-refractivity contribution < 1.29 is 4.79 Å². The van der Waals surface area contributed by atoms with Crippen molar-refractivity contribution in [1.82, 2.24) is 20.2 Å². The maximum Gasteiger partial charge on any atom is 0.252 e. The Bertz CT molecular complexity index is 1200. The molecule has 31 heavy (non-hydrogen) atoms. The molecule has 7 nitrogen and oxygen atoms in total. The number of hydrogen-bond acceptors (Lipinski definition) is 5. The molecule has 1 fully saturated rings. The number of aromatic nitrogens is 2. The van der Waals surface area contributed by atoms with Crippen LogP contribution in [0.5, 0.6) is 0 Å². The molecule has 0 aromatic carbocycles. The van der Waals surface area contributed by atoms with Crippen LogP contribution in [-0.4, -0.2) is 46.6 Å². The van der Waals surface area contributed by atoms with Crippen LogP contribution in [0.15, 0.2) is 63.7 Å².